The minimum absolute atomic E-state index is 0.494. The van der Waals surface area contributed by atoms with E-state index in [0.29, 0.717) is 24.3 Å². The van der Waals surface area contributed by atoms with Crippen molar-refractivity contribution in [2.45, 2.75) is 44.6 Å². The number of hydrogen-bond acceptors (Lipinski definition) is 4. The van der Waals surface area contributed by atoms with E-state index >= 15 is 0 Å². The lowest BCUT2D eigenvalue weighted by Gasteiger charge is -2.37. The summed E-state index contributed by atoms with van der Waals surface area (Å²) in [5, 5.41) is 4.20. The van der Waals surface area contributed by atoms with Crippen molar-refractivity contribution in [3.63, 3.8) is 0 Å². The number of halogens is 1. The molecule has 1 atom stereocenters. The van der Waals surface area contributed by atoms with Crippen LogP contribution >= 0.6 is 15.9 Å². The lowest BCUT2D eigenvalue weighted by atomic mass is 9.75. The van der Waals surface area contributed by atoms with Crippen LogP contribution in [0.25, 0.3) is 0 Å². The molecule has 1 aromatic heterocycles. The molecule has 0 N–H and O–H groups in total. The third kappa shape index (κ3) is 5.38. The van der Waals surface area contributed by atoms with E-state index in [4.69, 9.17) is 4.52 Å². The van der Waals surface area contributed by atoms with Gasteiger partial charge in [-0.25, -0.2) is 0 Å². The first-order chi connectivity index (χ1) is 14.6. The van der Waals surface area contributed by atoms with E-state index < -0.39 is 0 Å². The van der Waals surface area contributed by atoms with Gasteiger partial charge in [-0.2, -0.15) is 4.98 Å². The molecule has 0 aliphatic heterocycles. The van der Waals surface area contributed by atoms with Crippen LogP contribution in [0.15, 0.2) is 63.6 Å². The van der Waals surface area contributed by atoms with Crippen LogP contribution < -0.4 is 0 Å². The molecule has 0 saturated heterocycles. The summed E-state index contributed by atoms with van der Waals surface area (Å²) < 4.78 is 6.65. The maximum atomic E-state index is 5.57. The summed E-state index contributed by atoms with van der Waals surface area (Å²) in [5.41, 5.74) is 2.63. The Morgan fingerprint density at radius 3 is 2.37 bits per heavy atom. The van der Waals surface area contributed by atoms with Crippen molar-refractivity contribution in [3.8, 4) is 0 Å². The van der Waals surface area contributed by atoms with Gasteiger partial charge in [0.1, 0.15) is 0 Å². The fraction of sp³-hybridized carbons (Fsp3) is 0.440. The normalized spacial score (nSPS) is 20.4. The van der Waals surface area contributed by atoms with Crippen molar-refractivity contribution in [1.82, 2.24) is 15.0 Å². The summed E-state index contributed by atoms with van der Waals surface area (Å²) in [6, 6.07) is 19.7. The predicted molar refractivity (Wildman–Crippen MR) is 123 cm³/mol. The second-order valence-corrected chi connectivity index (χ2v) is 9.63. The van der Waals surface area contributed by atoms with Crippen LogP contribution in [0.2, 0.25) is 0 Å². The Labute approximate surface area is 187 Å². The molecule has 1 aliphatic carbocycles. The molecule has 4 rings (SSSR count). The van der Waals surface area contributed by atoms with Gasteiger partial charge in [0, 0.05) is 23.4 Å². The topological polar surface area (TPSA) is 42.2 Å². The molecule has 1 saturated carbocycles. The summed E-state index contributed by atoms with van der Waals surface area (Å²) in [7, 11) is 4.41. The molecule has 0 bridgehead atoms. The Morgan fingerprint density at radius 1 is 1.00 bits per heavy atom. The zero-order valence-corrected chi connectivity index (χ0v) is 19.4. The molecule has 1 fully saturated rings. The summed E-state index contributed by atoms with van der Waals surface area (Å²) in [6.45, 7) is 0. The molecule has 4 nitrogen and oxygen atoms in total. The predicted octanol–water partition coefficient (Wildman–Crippen LogP) is 6.07. The highest BCUT2D eigenvalue weighted by molar-refractivity contribution is 9.10. The fourth-order valence-electron chi connectivity index (χ4n) is 4.83. The van der Waals surface area contributed by atoms with Gasteiger partial charge in [0.2, 0.25) is 5.89 Å². The average Bonchev–Trinajstić information content (AvgIpc) is 3.18. The molecule has 0 radical (unpaired) electrons. The largest absolute Gasteiger partial charge is 0.339 e. The van der Waals surface area contributed by atoms with Gasteiger partial charge in [-0.15, -0.1) is 0 Å². The summed E-state index contributed by atoms with van der Waals surface area (Å²) in [5.74, 6) is 2.91. The molecule has 5 heteroatoms. The third-order valence-corrected chi connectivity index (χ3v) is 6.81. The molecular formula is C25H30BrN3O. The Kier molecular flexibility index (Phi) is 7.00. The van der Waals surface area contributed by atoms with E-state index in [-0.39, 0.29) is 0 Å². The van der Waals surface area contributed by atoms with Crippen molar-refractivity contribution in [2.24, 2.45) is 11.8 Å². The first-order valence-corrected chi connectivity index (χ1v) is 11.6. The highest BCUT2D eigenvalue weighted by Gasteiger charge is 2.30. The molecule has 2 aromatic carbocycles. The number of hydrogen-bond donors (Lipinski definition) is 0. The number of nitrogens with zero attached hydrogens (tertiary/aromatic N) is 3. The quantitative estimate of drug-likeness (QED) is 0.422. The zero-order valence-electron chi connectivity index (χ0n) is 17.8. The molecule has 158 valence electrons. The van der Waals surface area contributed by atoms with Gasteiger partial charge in [-0.1, -0.05) is 63.6 Å². The highest BCUT2D eigenvalue weighted by atomic mass is 79.9. The molecule has 0 amide bonds. The third-order valence-electron chi connectivity index (χ3n) is 6.28. The number of rotatable bonds is 7. The van der Waals surface area contributed by atoms with E-state index in [9.17, 15) is 0 Å². The lowest BCUT2D eigenvalue weighted by molar-refractivity contribution is 0.146. The van der Waals surface area contributed by atoms with E-state index in [1.807, 2.05) is 12.1 Å². The van der Waals surface area contributed by atoms with E-state index in [1.165, 1.54) is 36.8 Å². The highest BCUT2D eigenvalue weighted by Crippen LogP contribution is 2.40. The minimum atomic E-state index is 0.494. The first kappa shape index (κ1) is 21.3. The molecule has 1 aliphatic rings. The molecule has 30 heavy (non-hydrogen) atoms. The molecule has 0 spiro atoms. The van der Waals surface area contributed by atoms with Crippen LogP contribution in [-0.2, 0) is 12.8 Å². The standard InChI is InChI=1S/C25H30BrN3O/c1-29(2)25(20-6-4-3-5-7-20)21-12-8-19(9-13-21)17-24-27-23(28-30-24)16-18-10-14-22(26)15-11-18/h3-7,10-11,14-15,19,21,25H,8-9,12-13,16-17H2,1-2H3. The van der Waals surface area contributed by atoms with Gasteiger partial charge in [0.15, 0.2) is 5.82 Å². The molecule has 1 heterocycles. The Balaban J connectivity index is 1.31. The van der Waals surface area contributed by atoms with Crippen LogP contribution in [0, 0.1) is 11.8 Å². The zero-order chi connectivity index (χ0) is 20.9. The second-order valence-electron chi connectivity index (χ2n) is 8.71. The fourth-order valence-corrected chi connectivity index (χ4v) is 5.09. The van der Waals surface area contributed by atoms with Crippen LogP contribution in [-0.4, -0.2) is 29.1 Å². The molecule has 1 unspecified atom stereocenters. The van der Waals surface area contributed by atoms with E-state index in [1.54, 1.807) is 0 Å². The van der Waals surface area contributed by atoms with Crippen molar-refractivity contribution in [3.05, 3.63) is 81.9 Å². The van der Waals surface area contributed by atoms with Crippen molar-refractivity contribution >= 4 is 15.9 Å². The second kappa shape index (κ2) is 9.88. The average molecular weight is 468 g/mol. The Morgan fingerprint density at radius 2 is 1.70 bits per heavy atom. The first-order valence-electron chi connectivity index (χ1n) is 10.9. The van der Waals surface area contributed by atoms with Gasteiger partial charge < -0.3 is 9.42 Å². The van der Waals surface area contributed by atoms with Crippen molar-refractivity contribution < 1.29 is 4.52 Å². The van der Waals surface area contributed by atoms with Crippen LogP contribution in [0.1, 0.15) is 54.6 Å². The van der Waals surface area contributed by atoms with Gasteiger partial charge in [0.05, 0.1) is 0 Å². The summed E-state index contributed by atoms with van der Waals surface area (Å²) >= 11 is 3.47. The van der Waals surface area contributed by atoms with Crippen LogP contribution in [0.4, 0.5) is 0 Å². The van der Waals surface area contributed by atoms with E-state index in [0.717, 1.165) is 22.6 Å². The van der Waals surface area contributed by atoms with Gasteiger partial charge in [0.25, 0.3) is 0 Å². The van der Waals surface area contributed by atoms with Gasteiger partial charge in [-0.05, 0) is 74.9 Å². The SMILES string of the molecule is CN(C)C(c1ccccc1)C1CCC(Cc2nc(Cc3ccc(Br)cc3)no2)CC1. The number of aromatic nitrogens is 2. The van der Waals surface area contributed by atoms with Gasteiger partial charge >= 0.3 is 0 Å². The van der Waals surface area contributed by atoms with E-state index in [2.05, 4.69) is 87.5 Å². The maximum absolute atomic E-state index is 5.57. The summed E-state index contributed by atoms with van der Waals surface area (Å²) in [4.78, 5) is 7.04. The maximum Gasteiger partial charge on any atom is 0.226 e. The Hall–Kier alpha value is -1.98. The minimum Gasteiger partial charge on any atom is -0.339 e. The Bertz CT molecular complexity index is 915. The smallest absolute Gasteiger partial charge is 0.226 e. The lowest BCUT2D eigenvalue weighted by Crippen LogP contribution is -2.30. The van der Waals surface area contributed by atoms with Crippen LogP contribution in [0.5, 0.6) is 0 Å². The van der Waals surface area contributed by atoms with Crippen molar-refractivity contribution in [2.75, 3.05) is 14.1 Å². The monoisotopic (exact) mass is 467 g/mol. The van der Waals surface area contributed by atoms with Gasteiger partial charge in [-0.3, -0.25) is 0 Å². The summed E-state index contributed by atoms with van der Waals surface area (Å²) in [6.07, 6.45) is 6.58. The molecule has 3 aromatic rings. The van der Waals surface area contributed by atoms with Crippen molar-refractivity contribution in [1.29, 1.82) is 0 Å². The number of benzene rings is 2. The molecular weight excluding hydrogens is 438 g/mol. The van der Waals surface area contributed by atoms with Crippen LogP contribution in [0.3, 0.4) is 0 Å².